The van der Waals surface area contributed by atoms with Crippen molar-refractivity contribution in [1.82, 2.24) is 19.8 Å². The molecule has 0 saturated carbocycles. The van der Waals surface area contributed by atoms with Crippen LogP contribution >= 0.6 is 11.3 Å². The van der Waals surface area contributed by atoms with E-state index in [1.54, 1.807) is 23.0 Å². The third-order valence-corrected chi connectivity index (χ3v) is 4.60. The number of nitrogens with one attached hydrogen (secondary N) is 1. The van der Waals surface area contributed by atoms with Crippen LogP contribution in [0.3, 0.4) is 0 Å². The zero-order chi connectivity index (χ0) is 17.1. The first kappa shape index (κ1) is 15.7. The second-order valence-corrected chi connectivity index (χ2v) is 6.36. The van der Waals surface area contributed by atoms with Crippen molar-refractivity contribution in [3.05, 3.63) is 64.4 Å². The van der Waals surface area contributed by atoms with Gasteiger partial charge in [-0.15, -0.1) is 15.3 Å². The molecule has 0 spiro atoms. The van der Waals surface area contributed by atoms with Gasteiger partial charge in [0.15, 0.2) is 11.5 Å². The van der Waals surface area contributed by atoms with Crippen molar-refractivity contribution in [2.75, 3.05) is 12.4 Å². The molecule has 0 saturated heterocycles. The number of methoxy groups -OCH3 is 1. The number of hydrogen-bond donors (Lipinski definition) is 1. The van der Waals surface area contributed by atoms with Crippen LogP contribution in [0.5, 0.6) is 0 Å². The molecule has 3 heterocycles. The van der Waals surface area contributed by atoms with Gasteiger partial charge in [-0.2, -0.15) is 15.9 Å². The molecule has 0 atom stereocenters. The van der Waals surface area contributed by atoms with E-state index >= 15 is 0 Å². The van der Waals surface area contributed by atoms with Gasteiger partial charge in [0, 0.05) is 24.6 Å². The van der Waals surface area contributed by atoms with Gasteiger partial charge in [0.05, 0.1) is 6.61 Å². The SMILES string of the molecule is COCc1ccccc1CNc1ccc2nnc(-c3ccsc3)n2n1. The highest BCUT2D eigenvalue weighted by Crippen LogP contribution is 2.21. The average Bonchev–Trinajstić information content (AvgIpc) is 3.30. The minimum Gasteiger partial charge on any atom is -0.380 e. The lowest BCUT2D eigenvalue weighted by molar-refractivity contribution is 0.184. The van der Waals surface area contributed by atoms with Crippen LogP contribution in [0.4, 0.5) is 5.82 Å². The standard InChI is InChI=1S/C18H17N5OS/c1-24-11-14-5-3-2-4-13(14)10-19-16-6-7-17-20-21-18(23(17)22-16)15-8-9-25-12-15/h2-9,12H,10-11H2,1H3,(H,19,22). The molecule has 126 valence electrons. The van der Waals surface area contributed by atoms with Crippen LogP contribution in [0.2, 0.25) is 0 Å². The maximum absolute atomic E-state index is 5.26. The Labute approximate surface area is 149 Å². The van der Waals surface area contributed by atoms with Gasteiger partial charge >= 0.3 is 0 Å². The third-order valence-electron chi connectivity index (χ3n) is 3.92. The summed E-state index contributed by atoms with van der Waals surface area (Å²) in [5.41, 5.74) is 4.11. The van der Waals surface area contributed by atoms with E-state index in [0.717, 1.165) is 22.9 Å². The number of nitrogens with zero attached hydrogens (tertiary/aromatic N) is 4. The molecule has 0 fully saturated rings. The van der Waals surface area contributed by atoms with Crippen molar-refractivity contribution >= 4 is 22.8 Å². The van der Waals surface area contributed by atoms with E-state index in [1.165, 1.54) is 11.1 Å². The Morgan fingerprint density at radius 3 is 2.76 bits per heavy atom. The zero-order valence-electron chi connectivity index (χ0n) is 13.7. The van der Waals surface area contributed by atoms with E-state index in [4.69, 9.17) is 4.74 Å². The molecule has 0 bridgehead atoms. The molecule has 0 unspecified atom stereocenters. The third kappa shape index (κ3) is 3.24. The average molecular weight is 351 g/mol. The molecule has 1 N–H and O–H groups in total. The highest BCUT2D eigenvalue weighted by molar-refractivity contribution is 7.08. The smallest absolute Gasteiger partial charge is 0.186 e. The number of aromatic nitrogens is 4. The number of hydrogen-bond acceptors (Lipinski definition) is 6. The van der Waals surface area contributed by atoms with E-state index in [-0.39, 0.29) is 0 Å². The number of rotatable bonds is 6. The summed E-state index contributed by atoms with van der Waals surface area (Å²) in [7, 11) is 1.71. The number of fused-ring (bicyclic) bond motifs is 1. The molecule has 0 aliphatic heterocycles. The van der Waals surface area contributed by atoms with Gasteiger partial charge in [0.2, 0.25) is 0 Å². The van der Waals surface area contributed by atoms with Crippen molar-refractivity contribution in [3.8, 4) is 11.4 Å². The first-order valence-corrected chi connectivity index (χ1v) is 8.84. The van der Waals surface area contributed by atoms with Crippen molar-refractivity contribution in [3.63, 3.8) is 0 Å². The molecule has 7 heteroatoms. The number of benzene rings is 1. The quantitative estimate of drug-likeness (QED) is 0.575. The van der Waals surface area contributed by atoms with Gasteiger partial charge < -0.3 is 10.1 Å². The lowest BCUT2D eigenvalue weighted by Gasteiger charge is -2.10. The summed E-state index contributed by atoms with van der Waals surface area (Å²) in [6.07, 6.45) is 0. The summed E-state index contributed by atoms with van der Waals surface area (Å²) in [6.45, 7) is 1.27. The monoisotopic (exact) mass is 351 g/mol. The Kier molecular flexibility index (Phi) is 4.41. The van der Waals surface area contributed by atoms with Crippen LogP contribution in [0.1, 0.15) is 11.1 Å². The second-order valence-electron chi connectivity index (χ2n) is 5.58. The molecule has 4 rings (SSSR count). The Morgan fingerprint density at radius 2 is 1.96 bits per heavy atom. The Balaban J connectivity index is 1.59. The lowest BCUT2D eigenvalue weighted by Crippen LogP contribution is -2.07. The summed E-state index contributed by atoms with van der Waals surface area (Å²) < 4.78 is 7.03. The van der Waals surface area contributed by atoms with Crippen LogP contribution in [0.25, 0.3) is 17.0 Å². The molecule has 0 radical (unpaired) electrons. The number of anilines is 1. The predicted molar refractivity (Wildman–Crippen MR) is 98.6 cm³/mol. The van der Waals surface area contributed by atoms with Crippen LogP contribution in [0, 0.1) is 0 Å². The van der Waals surface area contributed by atoms with Crippen LogP contribution in [-0.4, -0.2) is 26.9 Å². The molecule has 0 amide bonds. The fourth-order valence-electron chi connectivity index (χ4n) is 2.67. The summed E-state index contributed by atoms with van der Waals surface area (Å²) in [5.74, 6) is 1.52. The van der Waals surface area contributed by atoms with Crippen LogP contribution in [-0.2, 0) is 17.9 Å². The largest absolute Gasteiger partial charge is 0.380 e. The van der Waals surface area contributed by atoms with Crippen LogP contribution in [0.15, 0.2) is 53.2 Å². The van der Waals surface area contributed by atoms with E-state index in [0.29, 0.717) is 13.2 Å². The van der Waals surface area contributed by atoms with Crippen LogP contribution < -0.4 is 5.32 Å². The topological polar surface area (TPSA) is 64.3 Å². The highest BCUT2D eigenvalue weighted by Gasteiger charge is 2.10. The van der Waals surface area contributed by atoms with Crippen molar-refractivity contribution in [2.24, 2.45) is 0 Å². The van der Waals surface area contributed by atoms with Crippen molar-refractivity contribution in [2.45, 2.75) is 13.2 Å². The predicted octanol–water partition coefficient (Wildman–Crippen LogP) is 3.61. The second kappa shape index (κ2) is 7.00. The fourth-order valence-corrected chi connectivity index (χ4v) is 3.30. The molecule has 0 aliphatic carbocycles. The van der Waals surface area contributed by atoms with Gasteiger partial charge in [-0.25, -0.2) is 0 Å². The minimum atomic E-state index is 0.595. The molecule has 1 aromatic carbocycles. The normalized spacial score (nSPS) is 11.1. The molecule has 0 aliphatic rings. The van der Waals surface area contributed by atoms with Gasteiger partial charge in [-0.3, -0.25) is 0 Å². The minimum absolute atomic E-state index is 0.595. The maximum Gasteiger partial charge on any atom is 0.186 e. The lowest BCUT2D eigenvalue weighted by atomic mass is 10.1. The van der Waals surface area contributed by atoms with Gasteiger partial charge in [0.25, 0.3) is 0 Å². The summed E-state index contributed by atoms with van der Waals surface area (Å²) in [4.78, 5) is 0. The van der Waals surface area contributed by atoms with Crippen molar-refractivity contribution < 1.29 is 4.74 Å². The summed E-state index contributed by atoms with van der Waals surface area (Å²) in [6, 6.07) is 14.1. The van der Waals surface area contributed by atoms with Gasteiger partial charge in [-0.1, -0.05) is 24.3 Å². The molecule has 3 aromatic heterocycles. The number of thiophene rings is 1. The van der Waals surface area contributed by atoms with Crippen molar-refractivity contribution in [1.29, 1.82) is 0 Å². The van der Waals surface area contributed by atoms with Gasteiger partial charge in [0.1, 0.15) is 5.82 Å². The molecular weight excluding hydrogens is 334 g/mol. The first-order valence-electron chi connectivity index (χ1n) is 7.90. The molecule has 6 nitrogen and oxygen atoms in total. The molecule has 4 aromatic rings. The van der Waals surface area contributed by atoms with E-state index in [1.807, 2.05) is 41.1 Å². The molecular formula is C18H17N5OS. The summed E-state index contributed by atoms with van der Waals surface area (Å²) >= 11 is 1.63. The van der Waals surface area contributed by atoms with E-state index in [2.05, 4.69) is 32.7 Å². The zero-order valence-corrected chi connectivity index (χ0v) is 14.5. The summed E-state index contributed by atoms with van der Waals surface area (Å²) in [5, 5.41) is 20.5. The highest BCUT2D eigenvalue weighted by atomic mass is 32.1. The Bertz CT molecular complexity index is 980. The first-order chi connectivity index (χ1) is 12.3. The van der Waals surface area contributed by atoms with E-state index < -0.39 is 0 Å². The fraction of sp³-hybridized carbons (Fsp3) is 0.167. The Hall–Kier alpha value is -2.77. The maximum atomic E-state index is 5.26. The Morgan fingerprint density at radius 1 is 1.08 bits per heavy atom. The van der Waals surface area contributed by atoms with E-state index in [9.17, 15) is 0 Å². The number of ether oxygens (including phenoxy) is 1. The van der Waals surface area contributed by atoms with Gasteiger partial charge in [-0.05, 0) is 34.7 Å². The molecule has 25 heavy (non-hydrogen) atoms.